The van der Waals surface area contributed by atoms with Gasteiger partial charge in [0, 0.05) is 26.2 Å². The molecule has 6 nitrogen and oxygen atoms in total. The Morgan fingerprint density at radius 1 is 1.30 bits per heavy atom. The van der Waals surface area contributed by atoms with E-state index in [0.29, 0.717) is 15.8 Å². The second-order valence-corrected chi connectivity index (χ2v) is 10.9. The van der Waals surface area contributed by atoms with E-state index in [1.165, 1.54) is 27.4 Å². The van der Waals surface area contributed by atoms with Crippen LogP contribution in [0.4, 0.5) is 5.95 Å². The monoisotopic (exact) mass is 478 g/mol. The van der Waals surface area contributed by atoms with Crippen LogP contribution in [0.25, 0.3) is 5.00 Å². The van der Waals surface area contributed by atoms with Gasteiger partial charge in [0.2, 0.25) is 5.95 Å². The first-order valence-corrected chi connectivity index (χ1v) is 12.6. The number of thioether (sulfide) groups is 1. The van der Waals surface area contributed by atoms with Gasteiger partial charge >= 0.3 is 0 Å². The number of nitrogens with zero attached hydrogens (tertiary/aromatic N) is 4. The Morgan fingerprint density at radius 2 is 2.20 bits per heavy atom. The minimum Gasteiger partial charge on any atom is -0.278 e. The number of hydrogen-bond acceptors (Lipinski definition) is 7. The lowest BCUT2D eigenvalue weighted by atomic mass is 9.87. The maximum Gasteiger partial charge on any atom is 0.249 e. The molecule has 3 aliphatic rings. The molecule has 0 amide bonds. The fourth-order valence-electron chi connectivity index (χ4n) is 4.51. The Labute approximate surface area is 192 Å². The Bertz CT molecular complexity index is 1140. The van der Waals surface area contributed by atoms with Crippen molar-refractivity contribution in [1.29, 1.82) is 0 Å². The molecule has 2 atom stereocenters. The Balaban J connectivity index is 1.41. The number of aromatic nitrogens is 3. The molecule has 2 N–H and O–H groups in total. The fourth-order valence-corrected chi connectivity index (χ4v) is 7.44. The number of anilines is 1. The summed E-state index contributed by atoms with van der Waals surface area (Å²) in [6.45, 7) is 3.08. The molecule has 3 aromatic rings. The van der Waals surface area contributed by atoms with E-state index in [9.17, 15) is 0 Å². The maximum absolute atomic E-state index is 6.38. The zero-order valence-electron chi connectivity index (χ0n) is 16.3. The highest BCUT2D eigenvalue weighted by molar-refractivity contribution is 7.98. The van der Waals surface area contributed by atoms with Crippen molar-refractivity contribution in [2.75, 3.05) is 11.7 Å². The van der Waals surface area contributed by atoms with Crippen molar-refractivity contribution in [3.63, 3.8) is 0 Å². The molecule has 0 bridgehead atoms. The molecule has 0 radical (unpaired) electrons. The summed E-state index contributed by atoms with van der Waals surface area (Å²) in [7, 11) is 0. The lowest BCUT2D eigenvalue weighted by molar-refractivity contribution is 0.495. The molecule has 1 fully saturated rings. The van der Waals surface area contributed by atoms with Gasteiger partial charge in [0.25, 0.3) is 0 Å². The van der Waals surface area contributed by atoms with Crippen molar-refractivity contribution in [1.82, 2.24) is 25.5 Å². The molecule has 10 heteroatoms. The van der Waals surface area contributed by atoms with Crippen LogP contribution in [-0.4, -0.2) is 21.4 Å². The molecule has 4 heterocycles. The van der Waals surface area contributed by atoms with E-state index in [-0.39, 0.29) is 6.17 Å². The van der Waals surface area contributed by atoms with Crippen LogP contribution in [0.1, 0.15) is 41.1 Å². The van der Waals surface area contributed by atoms with E-state index in [1.54, 1.807) is 17.8 Å². The topological polar surface area (TPSA) is 58.0 Å². The summed E-state index contributed by atoms with van der Waals surface area (Å²) in [5.41, 5.74) is 7.38. The van der Waals surface area contributed by atoms with Crippen LogP contribution < -0.4 is 15.8 Å². The third-order valence-corrected chi connectivity index (χ3v) is 8.87. The highest BCUT2D eigenvalue weighted by Gasteiger charge is 2.42. The van der Waals surface area contributed by atoms with E-state index in [0.717, 1.165) is 42.1 Å². The summed E-state index contributed by atoms with van der Waals surface area (Å²) >= 11 is 16.0. The lowest BCUT2D eigenvalue weighted by Crippen LogP contribution is -2.39. The van der Waals surface area contributed by atoms with Crippen molar-refractivity contribution < 1.29 is 0 Å². The molecule has 1 aromatic carbocycles. The summed E-state index contributed by atoms with van der Waals surface area (Å²) in [6, 6.07) is 5.64. The van der Waals surface area contributed by atoms with Gasteiger partial charge in [-0.3, -0.25) is 10.3 Å². The molecule has 2 aromatic heterocycles. The summed E-state index contributed by atoms with van der Waals surface area (Å²) in [5, 5.41) is 18.3. The number of fused-ring (bicyclic) bond motifs is 8. The Kier molecular flexibility index (Phi) is 4.78. The summed E-state index contributed by atoms with van der Waals surface area (Å²) < 4.78 is 2.22. The van der Waals surface area contributed by atoms with Crippen molar-refractivity contribution in [3.05, 3.63) is 49.8 Å². The maximum atomic E-state index is 6.38. The number of halogens is 2. The first-order valence-electron chi connectivity index (χ1n) is 10.0. The van der Waals surface area contributed by atoms with Crippen LogP contribution in [0.5, 0.6) is 0 Å². The highest BCUT2D eigenvalue weighted by atomic mass is 35.5. The smallest absolute Gasteiger partial charge is 0.249 e. The largest absolute Gasteiger partial charge is 0.278 e. The zero-order valence-corrected chi connectivity index (χ0v) is 19.4. The van der Waals surface area contributed by atoms with E-state index in [2.05, 4.69) is 37.4 Å². The van der Waals surface area contributed by atoms with Gasteiger partial charge in [-0.25, -0.2) is 9.99 Å². The minimum absolute atomic E-state index is 0.116. The average molecular weight is 479 g/mol. The van der Waals surface area contributed by atoms with Crippen LogP contribution in [-0.2, 0) is 18.6 Å². The van der Waals surface area contributed by atoms with Crippen LogP contribution in [0, 0.1) is 5.92 Å². The van der Waals surface area contributed by atoms with E-state index in [1.807, 2.05) is 23.5 Å². The predicted octanol–water partition coefficient (Wildman–Crippen LogP) is 4.94. The molecule has 0 spiro atoms. The molecule has 30 heavy (non-hydrogen) atoms. The molecule has 156 valence electrons. The van der Waals surface area contributed by atoms with E-state index < -0.39 is 0 Å². The molecule has 1 unspecified atom stereocenters. The fraction of sp³-hybridized carbons (Fsp3) is 0.400. The standard InChI is InChI=1S/C20H20Cl2N6S2/c1-10-2-5-15-13(6-10)16-17-23-9-24-28(17)19-25-26-20(27(19)18(16)30-15)29-8-11-3-4-12(21)7-14(11)22/h3-4,7,10,17,23-24H,2,5-6,8-9H2,1H3/t10-,17?/m0/s1. The molecule has 0 saturated carbocycles. The van der Waals surface area contributed by atoms with E-state index >= 15 is 0 Å². The molecular weight excluding hydrogens is 459 g/mol. The minimum atomic E-state index is 0.116. The van der Waals surface area contributed by atoms with Gasteiger partial charge in [-0.05, 0) is 48.4 Å². The first kappa shape index (κ1) is 19.4. The number of nitrogens with one attached hydrogen (secondary N) is 2. The number of hydrogen-bond donors (Lipinski definition) is 2. The summed E-state index contributed by atoms with van der Waals surface area (Å²) in [4.78, 5) is 1.52. The Morgan fingerprint density at radius 3 is 3.07 bits per heavy atom. The quantitative estimate of drug-likeness (QED) is 0.520. The van der Waals surface area contributed by atoms with Gasteiger partial charge in [-0.15, -0.1) is 21.5 Å². The first-order chi connectivity index (χ1) is 14.6. The van der Waals surface area contributed by atoms with Crippen molar-refractivity contribution in [3.8, 4) is 5.00 Å². The third kappa shape index (κ3) is 3.00. The van der Waals surface area contributed by atoms with Crippen LogP contribution in [0.15, 0.2) is 23.4 Å². The summed E-state index contributed by atoms with van der Waals surface area (Å²) in [5.74, 6) is 2.27. The van der Waals surface area contributed by atoms with Crippen molar-refractivity contribution in [2.24, 2.45) is 5.92 Å². The van der Waals surface area contributed by atoms with Gasteiger partial charge in [-0.2, -0.15) is 0 Å². The average Bonchev–Trinajstić information content (AvgIpc) is 3.42. The van der Waals surface area contributed by atoms with Crippen molar-refractivity contribution in [2.45, 2.75) is 43.3 Å². The number of aryl methyl sites for hydroxylation is 1. The number of rotatable bonds is 3. The van der Waals surface area contributed by atoms with Crippen molar-refractivity contribution >= 4 is 52.2 Å². The highest BCUT2D eigenvalue weighted by Crippen LogP contribution is 2.48. The number of benzene rings is 1. The van der Waals surface area contributed by atoms with E-state index in [4.69, 9.17) is 23.2 Å². The second kappa shape index (κ2) is 7.39. The predicted molar refractivity (Wildman–Crippen MR) is 123 cm³/mol. The van der Waals surface area contributed by atoms with Crippen LogP contribution in [0.2, 0.25) is 10.0 Å². The third-order valence-electron chi connectivity index (χ3n) is 6.01. The lowest BCUT2D eigenvalue weighted by Gasteiger charge is -2.31. The van der Waals surface area contributed by atoms with Crippen LogP contribution >= 0.6 is 46.3 Å². The molecule has 1 saturated heterocycles. The summed E-state index contributed by atoms with van der Waals surface area (Å²) in [6.07, 6.45) is 3.69. The number of thiophene rings is 1. The second-order valence-electron chi connectivity index (χ2n) is 8.02. The number of hydrazine groups is 1. The Hall–Kier alpha value is -1.29. The van der Waals surface area contributed by atoms with Gasteiger partial charge < -0.3 is 0 Å². The van der Waals surface area contributed by atoms with Gasteiger partial charge in [0.05, 0.1) is 6.67 Å². The van der Waals surface area contributed by atoms with Crippen LogP contribution in [0.3, 0.4) is 0 Å². The molecule has 1 aliphatic carbocycles. The van der Waals surface area contributed by atoms with Gasteiger partial charge in [0.1, 0.15) is 11.2 Å². The van der Waals surface area contributed by atoms with Gasteiger partial charge in [-0.1, -0.05) is 48.0 Å². The SMILES string of the molecule is C[C@H]1CCc2sc3c(c2C1)C1NCNN1c1nnc(SCc2ccc(Cl)cc2Cl)n1-3. The molecule has 6 rings (SSSR count). The van der Waals surface area contributed by atoms with Gasteiger partial charge in [0.15, 0.2) is 5.16 Å². The zero-order chi connectivity index (χ0) is 20.4. The normalized spacial score (nSPS) is 21.9. The molecule has 2 aliphatic heterocycles. The molecular formula is C20H20Cl2N6S2.